The maximum Gasteiger partial charge on any atom is 0.326 e. The van der Waals surface area contributed by atoms with Gasteiger partial charge in [0.1, 0.15) is 6.04 Å². The summed E-state index contributed by atoms with van der Waals surface area (Å²) in [4.78, 5) is 44.6. The molecule has 0 aromatic carbocycles. The van der Waals surface area contributed by atoms with Crippen molar-refractivity contribution >= 4 is 23.7 Å². The van der Waals surface area contributed by atoms with Crippen LogP contribution in [0.15, 0.2) is 0 Å². The van der Waals surface area contributed by atoms with Gasteiger partial charge in [0.25, 0.3) is 0 Å². The highest BCUT2D eigenvalue weighted by molar-refractivity contribution is 5.89. The molecule has 0 radical (unpaired) electrons. The minimum absolute atomic E-state index is 0.216. The van der Waals surface area contributed by atoms with E-state index in [1.165, 1.54) is 0 Å². The second-order valence-electron chi connectivity index (χ2n) is 4.53. The van der Waals surface area contributed by atoms with E-state index in [1.807, 2.05) is 0 Å². The maximum absolute atomic E-state index is 11.5. The molecule has 0 aromatic rings. The van der Waals surface area contributed by atoms with E-state index in [-0.39, 0.29) is 31.3 Å². The third-order valence-electron chi connectivity index (χ3n) is 2.46. The minimum atomic E-state index is -1.13. The lowest BCUT2D eigenvalue weighted by molar-refractivity contribution is -0.143. The fraction of sp³-hybridized carbons (Fsp3) is 0.667. The second kappa shape index (κ2) is 8.89. The molecule has 0 aliphatic rings. The van der Waals surface area contributed by atoms with Crippen LogP contribution in [0, 0.1) is 5.92 Å². The summed E-state index contributed by atoms with van der Waals surface area (Å²) in [5.74, 6) is -2.78. The van der Waals surface area contributed by atoms with Crippen molar-refractivity contribution in [1.82, 2.24) is 16.0 Å². The quantitative estimate of drug-likeness (QED) is 0.449. The Morgan fingerprint density at radius 2 is 1.45 bits per heavy atom. The van der Waals surface area contributed by atoms with Crippen molar-refractivity contribution in [1.29, 1.82) is 0 Å². The Morgan fingerprint density at radius 1 is 0.950 bits per heavy atom. The molecule has 3 amide bonds. The standard InChI is InChI=1S/C12H21N3O5/c1-4-8(16)13-5-9(17)14-6-10(18)15-11(7(2)3)12(19)20/h7,11H,4-6H2,1-3H3,(H,13,16)(H,14,17)(H,15,18)(H,19,20)/t11-/m0/s1. The highest BCUT2D eigenvalue weighted by atomic mass is 16.4. The Labute approximate surface area is 117 Å². The van der Waals surface area contributed by atoms with Crippen LogP contribution >= 0.6 is 0 Å². The summed E-state index contributed by atoms with van der Waals surface area (Å²) in [5.41, 5.74) is 0. The number of carboxylic acids is 1. The van der Waals surface area contributed by atoms with E-state index < -0.39 is 23.8 Å². The van der Waals surface area contributed by atoms with E-state index in [0.29, 0.717) is 0 Å². The van der Waals surface area contributed by atoms with Crippen LogP contribution in [0.4, 0.5) is 0 Å². The first-order valence-corrected chi connectivity index (χ1v) is 6.33. The maximum atomic E-state index is 11.5. The Bertz CT molecular complexity index is 381. The van der Waals surface area contributed by atoms with Gasteiger partial charge in [0.05, 0.1) is 13.1 Å². The molecule has 114 valence electrons. The molecule has 8 heteroatoms. The van der Waals surface area contributed by atoms with Gasteiger partial charge in [-0.1, -0.05) is 20.8 Å². The molecule has 1 atom stereocenters. The molecular weight excluding hydrogens is 266 g/mol. The molecule has 0 heterocycles. The summed E-state index contributed by atoms with van der Waals surface area (Å²) < 4.78 is 0. The van der Waals surface area contributed by atoms with Crippen molar-refractivity contribution in [3.8, 4) is 0 Å². The number of aliphatic carboxylic acids is 1. The zero-order valence-electron chi connectivity index (χ0n) is 11.9. The third kappa shape index (κ3) is 7.34. The number of nitrogens with one attached hydrogen (secondary N) is 3. The predicted octanol–water partition coefficient (Wildman–Crippen LogP) is -1.15. The average molecular weight is 287 g/mol. The molecule has 0 spiro atoms. The van der Waals surface area contributed by atoms with Gasteiger partial charge in [-0.05, 0) is 5.92 Å². The average Bonchev–Trinajstić information content (AvgIpc) is 2.38. The van der Waals surface area contributed by atoms with Crippen LogP contribution in [-0.2, 0) is 19.2 Å². The van der Waals surface area contributed by atoms with Gasteiger partial charge in [-0.2, -0.15) is 0 Å². The SMILES string of the molecule is CCC(=O)NCC(=O)NCC(=O)N[C@H](C(=O)O)C(C)C. The summed E-state index contributed by atoms with van der Waals surface area (Å²) in [6, 6.07) is -1.00. The van der Waals surface area contributed by atoms with Crippen molar-refractivity contribution < 1.29 is 24.3 Å². The molecule has 0 saturated heterocycles. The van der Waals surface area contributed by atoms with Gasteiger partial charge in [-0.3, -0.25) is 14.4 Å². The monoisotopic (exact) mass is 287 g/mol. The number of hydrogen-bond donors (Lipinski definition) is 4. The summed E-state index contributed by atoms with van der Waals surface area (Å²) in [5, 5.41) is 15.8. The first kappa shape index (κ1) is 17.9. The summed E-state index contributed by atoms with van der Waals surface area (Å²) in [6.45, 7) is 4.43. The van der Waals surface area contributed by atoms with Gasteiger partial charge >= 0.3 is 5.97 Å². The lowest BCUT2D eigenvalue weighted by Gasteiger charge is -2.18. The number of amides is 3. The number of hydrogen-bond acceptors (Lipinski definition) is 4. The first-order valence-electron chi connectivity index (χ1n) is 6.33. The molecule has 8 nitrogen and oxygen atoms in total. The second-order valence-corrected chi connectivity index (χ2v) is 4.53. The smallest absolute Gasteiger partial charge is 0.326 e. The van der Waals surface area contributed by atoms with Crippen molar-refractivity contribution in [3.63, 3.8) is 0 Å². The largest absolute Gasteiger partial charge is 0.480 e. The molecule has 0 unspecified atom stereocenters. The van der Waals surface area contributed by atoms with Crippen molar-refractivity contribution in [2.45, 2.75) is 33.2 Å². The molecule has 0 saturated carbocycles. The van der Waals surface area contributed by atoms with Crippen LogP contribution < -0.4 is 16.0 Å². The Kier molecular flexibility index (Phi) is 7.95. The zero-order valence-corrected chi connectivity index (χ0v) is 11.9. The van der Waals surface area contributed by atoms with Gasteiger partial charge in [0.15, 0.2) is 0 Å². The van der Waals surface area contributed by atoms with Crippen molar-refractivity contribution in [3.05, 3.63) is 0 Å². The number of carbonyl (C=O) groups excluding carboxylic acids is 3. The molecule has 0 aliphatic heterocycles. The Hall–Kier alpha value is -2.12. The highest BCUT2D eigenvalue weighted by Crippen LogP contribution is 2.00. The van der Waals surface area contributed by atoms with E-state index in [0.717, 1.165) is 0 Å². The van der Waals surface area contributed by atoms with Crippen LogP contribution in [0.3, 0.4) is 0 Å². The molecule has 0 fully saturated rings. The van der Waals surface area contributed by atoms with Crippen LogP contribution in [0.25, 0.3) is 0 Å². The Balaban J connectivity index is 4.06. The zero-order chi connectivity index (χ0) is 15.7. The van der Waals surface area contributed by atoms with E-state index >= 15 is 0 Å². The lowest BCUT2D eigenvalue weighted by Crippen LogP contribution is -2.49. The van der Waals surface area contributed by atoms with Gasteiger partial charge in [0, 0.05) is 6.42 Å². The Morgan fingerprint density at radius 3 is 1.90 bits per heavy atom. The van der Waals surface area contributed by atoms with Crippen molar-refractivity contribution in [2.24, 2.45) is 5.92 Å². The van der Waals surface area contributed by atoms with Crippen molar-refractivity contribution in [2.75, 3.05) is 13.1 Å². The van der Waals surface area contributed by atoms with E-state index in [9.17, 15) is 19.2 Å². The highest BCUT2D eigenvalue weighted by Gasteiger charge is 2.23. The van der Waals surface area contributed by atoms with Crippen LogP contribution in [0.1, 0.15) is 27.2 Å². The molecule has 20 heavy (non-hydrogen) atoms. The molecule has 4 N–H and O–H groups in total. The van der Waals surface area contributed by atoms with Gasteiger partial charge < -0.3 is 21.1 Å². The van der Waals surface area contributed by atoms with Crippen LogP contribution in [0.2, 0.25) is 0 Å². The summed E-state index contributed by atoms with van der Waals surface area (Å²) >= 11 is 0. The summed E-state index contributed by atoms with van der Waals surface area (Å²) in [6.07, 6.45) is 0.266. The fourth-order valence-electron chi connectivity index (χ4n) is 1.28. The number of rotatable bonds is 8. The molecule has 0 bridgehead atoms. The van der Waals surface area contributed by atoms with E-state index in [2.05, 4.69) is 16.0 Å². The normalized spacial score (nSPS) is 11.6. The third-order valence-corrected chi connectivity index (χ3v) is 2.46. The van der Waals surface area contributed by atoms with E-state index in [1.54, 1.807) is 20.8 Å². The van der Waals surface area contributed by atoms with Gasteiger partial charge in [-0.25, -0.2) is 4.79 Å². The lowest BCUT2D eigenvalue weighted by atomic mass is 10.1. The molecule has 0 rings (SSSR count). The topological polar surface area (TPSA) is 125 Å². The summed E-state index contributed by atoms with van der Waals surface area (Å²) in [7, 11) is 0. The van der Waals surface area contributed by atoms with E-state index in [4.69, 9.17) is 5.11 Å². The number of carbonyl (C=O) groups is 4. The van der Waals surface area contributed by atoms with Crippen LogP contribution in [0.5, 0.6) is 0 Å². The first-order chi connectivity index (χ1) is 9.27. The molecule has 0 aromatic heterocycles. The van der Waals surface area contributed by atoms with Gasteiger partial charge in [0.2, 0.25) is 17.7 Å². The predicted molar refractivity (Wildman–Crippen MR) is 70.7 cm³/mol. The van der Waals surface area contributed by atoms with Gasteiger partial charge in [-0.15, -0.1) is 0 Å². The van der Waals surface area contributed by atoms with Crippen LogP contribution in [-0.4, -0.2) is 47.9 Å². The molecule has 0 aliphatic carbocycles. The molecular formula is C12H21N3O5. The number of carboxylic acid groups (broad SMARTS) is 1. The fourth-order valence-corrected chi connectivity index (χ4v) is 1.28. The minimum Gasteiger partial charge on any atom is -0.480 e.